The molecule has 0 aromatic heterocycles. The van der Waals surface area contributed by atoms with Crippen LogP contribution in [0.2, 0.25) is 0 Å². The van der Waals surface area contributed by atoms with E-state index in [1.165, 1.54) is 22.3 Å². The Morgan fingerprint density at radius 1 is 0.929 bits per heavy atom. The lowest BCUT2D eigenvalue weighted by Crippen LogP contribution is -2.52. The fraction of sp³-hybridized carbons (Fsp3) is 0.429. The molecular formula is C35H45N5O2. The molecule has 7 heteroatoms. The summed E-state index contributed by atoms with van der Waals surface area (Å²) in [5.74, 6) is 0.283. The van der Waals surface area contributed by atoms with Crippen molar-refractivity contribution in [2.45, 2.75) is 62.7 Å². The Hall–Kier alpha value is -3.52. The van der Waals surface area contributed by atoms with Gasteiger partial charge in [0.2, 0.25) is 11.8 Å². The van der Waals surface area contributed by atoms with Gasteiger partial charge in [-0.15, -0.1) is 0 Å². The van der Waals surface area contributed by atoms with Gasteiger partial charge in [0, 0.05) is 38.1 Å². The van der Waals surface area contributed by atoms with Gasteiger partial charge in [-0.1, -0.05) is 91.3 Å². The molecular weight excluding hydrogens is 522 g/mol. The molecule has 42 heavy (non-hydrogen) atoms. The van der Waals surface area contributed by atoms with Crippen LogP contribution < -0.4 is 21.3 Å². The van der Waals surface area contributed by atoms with Gasteiger partial charge in [-0.05, 0) is 61.5 Å². The van der Waals surface area contributed by atoms with E-state index in [9.17, 15) is 9.59 Å². The Balaban J connectivity index is 1.26. The van der Waals surface area contributed by atoms with Gasteiger partial charge in [0.1, 0.15) is 0 Å². The molecule has 0 spiro atoms. The van der Waals surface area contributed by atoms with Gasteiger partial charge in [-0.3, -0.25) is 9.59 Å². The number of nitrogens with one attached hydrogen (secondary N) is 4. The lowest BCUT2D eigenvalue weighted by molar-refractivity contribution is -0.133. The van der Waals surface area contributed by atoms with Crippen LogP contribution in [0.1, 0.15) is 53.9 Å². The molecule has 3 atom stereocenters. The number of fused-ring (bicyclic) bond motifs is 1. The Kier molecular flexibility index (Phi) is 10.8. The molecule has 0 radical (unpaired) electrons. The molecule has 3 aromatic carbocycles. The molecule has 3 unspecified atom stereocenters. The molecule has 3 aromatic rings. The van der Waals surface area contributed by atoms with Crippen molar-refractivity contribution in [3.05, 3.63) is 107 Å². The zero-order valence-electron chi connectivity index (χ0n) is 24.7. The molecule has 2 aliphatic heterocycles. The third kappa shape index (κ3) is 7.85. The molecule has 0 aliphatic carbocycles. The van der Waals surface area contributed by atoms with Crippen molar-refractivity contribution >= 4 is 11.8 Å². The van der Waals surface area contributed by atoms with Gasteiger partial charge in [-0.2, -0.15) is 0 Å². The van der Waals surface area contributed by atoms with Crippen LogP contribution in [0, 0.1) is 0 Å². The van der Waals surface area contributed by atoms with E-state index < -0.39 is 0 Å². The fourth-order valence-electron chi connectivity index (χ4n) is 6.26. The van der Waals surface area contributed by atoms with E-state index in [2.05, 4.69) is 86.8 Å². The molecule has 0 bridgehead atoms. The maximum absolute atomic E-state index is 14.0. The number of nitrogens with zero attached hydrogens (tertiary/aromatic N) is 1. The number of amides is 2. The largest absolute Gasteiger partial charge is 0.353 e. The van der Waals surface area contributed by atoms with Gasteiger partial charge in [0.25, 0.3) is 0 Å². The molecule has 1 fully saturated rings. The van der Waals surface area contributed by atoms with Crippen LogP contribution in [0.5, 0.6) is 0 Å². The molecule has 1 saturated heterocycles. The summed E-state index contributed by atoms with van der Waals surface area (Å²) in [5.41, 5.74) is 4.92. The van der Waals surface area contributed by atoms with Crippen molar-refractivity contribution in [1.82, 2.24) is 26.2 Å². The van der Waals surface area contributed by atoms with Crippen LogP contribution in [0.3, 0.4) is 0 Å². The zero-order valence-corrected chi connectivity index (χ0v) is 24.7. The van der Waals surface area contributed by atoms with E-state index in [0.717, 1.165) is 32.2 Å². The Morgan fingerprint density at radius 3 is 2.29 bits per heavy atom. The Bertz CT molecular complexity index is 1250. The standard InChI is InChI=1S/C35H45N5O2/c1-36-20-11-10-18-32-35(42)40(25-31(26-12-4-2-5-13-26)27-14-6-3-7-15-27)21-19-30(39-32)24-38-34(41)33-22-28-16-8-9-17-29(28)23-37-33/h2-9,12-17,30-33,36-37,39H,10-11,18-25H2,1H3,(H,38,41). The van der Waals surface area contributed by atoms with Crippen molar-refractivity contribution in [1.29, 1.82) is 0 Å². The number of benzene rings is 3. The minimum absolute atomic E-state index is 0.0255. The highest BCUT2D eigenvalue weighted by Crippen LogP contribution is 2.27. The van der Waals surface area contributed by atoms with Crippen molar-refractivity contribution in [2.24, 2.45) is 0 Å². The van der Waals surface area contributed by atoms with Crippen molar-refractivity contribution in [2.75, 3.05) is 33.2 Å². The summed E-state index contributed by atoms with van der Waals surface area (Å²) < 4.78 is 0. The van der Waals surface area contributed by atoms with Crippen LogP contribution in [0.15, 0.2) is 84.9 Å². The number of carbonyl (C=O) groups excluding carboxylic acids is 2. The van der Waals surface area contributed by atoms with Gasteiger partial charge < -0.3 is 26.2 Å². The van der Waals surface area contributed by atoms with Crippen LogP contribution >= 0.6 is 0 Å². The van der Waals surface area contributed by atoms with E-state index in [4.69, 9.17) is 0 Å². The van der Waals surface area contributed by atoms with Gasteiger partial charge >= 0.3 is 0 Å². The first-order chi connectivity index (χ1) is 20.6. The number of hydrogen-bond acceptors (Lipinski definition) is 5. The number of unbranched alkanes of at least 4 members (excludes halogenated alkanes) is 1. The van der Waals surface area contributed by atoms with Gasteiger partial charge in [0.15, 0.2) is 0 Å². The maximum atomic E-state index is 14.0. The molecule has 222 valence electrons. The predicted octanol–water partition coefficient (Wildman–Crippen LogP) is 3.60. The highest BCUT2D eigenvalue weighted by atomic mass is 16.2. The third-order valence-corrected chi connectivity index (χ3v) is 8.69. The molecule has 0 saturated carbocycles. The SMILES string of the molecule is CNCCCCC1NC(CNC(=O)C2Cc3ccccc3CN2)CCN(CC(c2ccccc2)c2ccccc2)C1=O. The Morgan fingerprint density at radius 2 is 1.60 bits per heavy atom. The van der Waals surface area contributed by atoms with Gasteiger partial charge in [0.05, 0.1) is 12.1 Å². The smallest absolute Gasteiger partial charge is 0.239 e. The van der Waals surface area contributed by atoms with E-state index in [1.54, 1.807) is 0 Å². The molecule has 5 rings (SSSR count). The second-order valence-corrected chi connectivity index (χ2v) is 11.6. The second-order valence-electron chi connectivity index (χ2n) is 11.6. The number of rotatable bonds is 12. The first-order valence-corrected chi connectivity index (χ1v) is 15.5. The van der Waals surface area contributed by atoms with Crippen LogP contribution in [-0.2, 0) is 22.6 Å². The summed E-state index contributed by atoms with van der Waals surface area (Å²) in [6.07, 6.45) is 4.25. The summed E-state index contributed by atoms with van der Waals surface area (Å²) in [6, 6.07) is 28.8. The van der Waals surface area contributed by atoms with E-state index in [1.807, 2.05) is 31.3 Å². The third-order valence-electron chi connectivity index (χ3n) is 8.69. The maximum Gasteiger partial charge on any atom is 0.239 e. The topological polar surface area (TPSA) is 85.5 Å². The minimum atomic E-state index is -0.266. The van der Waals surface area contributed by atoms with E-state index in [0.29, 0.717) is 32.6 Å². The molecule has 2 heterocycles. The molecule has 2 aliphatic rings. The van der Waals surface area contributed by atoms with Gasteiger partial charge in [-0.25, -0.2) is 0 Å². The van der Waals surface area contributed by atoms with E-state index in [-0.39, 0.29) is 35.9 Å². The average molecular weight is 568 g/mol. The Labute approximate surface area is 250 Å². The number of hydrogen-bond donors (Lipinski definition) is 4. The average Bonchev–Trinajstić information content (AvgIpc) is 3.19. The van der Waals surface area contributed by atoms with Crippen LogP contribution in [0.25, 0.3) is 0 Å². The lowest BCUT2D eigenvalue weighted by Gasteiger charge is -2.29. The summed E-state index contributed by atoms with van der Waals surface area (Å²) in [5, 5.41) is 13.4. The summed E-state index contributed by atoms with van der Waals surface area (Å²) in [4.78, 5) is 29.2. The van der Waals surface area contributed by atoms with Crippen LogP contribution in [-0.4, -0.2) is 68.1 Å². The summed E-state index contributed by atoms with van der Waals surface area (Å²) >= 11 is 0. The fourth-order valence-corrected chi connectivity index (χ4v) is 6.26. The molecule has 7 nitrogen and oxygen atoms in total. The lowest BCUT2D eigenvalue weighted by atomic mass is 9.90. The number of carbonyl (C=O) groups is 2. The summed E-state index contributed by atoms with van der Waals surface area (Å²) in [6.45, 7) is 3.44. The molecule has 4 N–H and O–H groups in total. The highest BCUT2D eigenvalue weighted by Gasteiger charge is 2.33. The van der Waals surface area contributed by atoms with Crippen molar-refractivity contribution in [3.63, 3.8) is 0 Å². The first-order valence-electron chi connectivity index (χ1n) is 15.5. The first kappa shape index (κ1) is 30.0. The molecule has 2 amide bonds. The minimum Gasteiger partial charge on any atom is -0.353 e. The monoisotopic (exact) mass is 567 g/mol. The van der Waals surface area contributed by atoms with E-state index >= 15 is 0 Å². The zero-order chi connectivity index (χ0) is 29.1. The van der Waals surface area contributed by atoms with Crippen molar-refractivity contribution in [3.8, 4) is 0 Å². The quantitative estimate of drug-likeness (QED) is 0.252. The normalized spacial score (nSPS) is 20.7. The highest BCUT2D eigenvalue weighted by molar-refractivity contribution is 5.83. The van der Waals surface area contributed by atoms with Crippen LogP contribution in [0.4, 0.5) is 0 Å². The second kappa shape index (κ2) is 15.1. The summed E-state index contributed by atoms with van der Waals surface area (Å²) in [7, 11) is 1.96. The predicted molar refractivity (Wildman–Crippen MR) is 168 cm³/mol. The van der Waals surface area contributed by atoms with Crippen molar-refractivity contribution < 1.29 is 9.59 Å².